The van der Waals surface area contributed by atoms with Crippen LogP contribution in [0.4, 0.5) is 0 Å². The summed E-state index contributed by atoms with van der Waals surface area (Å²) in [6.45, 7) is 5.45. The van der Waals surface area contributed by atoms with Crippen LogP contribution in [-0.2, 0) is 0 Å². The lowest BCUT2D eigenvalue weighted by Crippen LogP contribution is -2.25. The van der Waals surface area contributed by atoms with Gasteiger partial charge in [-0.25, -0.2) is 0 Å². The zero-order valence-corrected chi connectivity index (χ0v) is 11.6. The lowest BCUT2D eigenvalue weighted by atomic mass is 10.1. The van der Waals surface area contributed by atoms with E-state index < -0.39 is 0 Å². The minimum absolute atomic E-state index is 0.340. The standard InChI is InChI=1S/C14H20N2S/c1-11(10-17-3)9-16-12(2)14-6-4-13(8-15)5-7-14/h4-7,11-12,16H,9-10H2,1-3H3. The summed E-state index contributed by atoms with van der Waals surface area (Å²) < 4.78 is 0. The number of nitrogens with zero attached hydrogens (tertiary/aromatic N) is 1. The molecule has 1 aromatic carbocycles. The summed E-state index contributed by atoms with van der Waals surface area (Å²) in [6.07, 6.45) is 2.14. The zero-order valence-electron chi connectivity index (χ0n) is 10.7. The number of hydrogen-bond acceptors (Lipinski definition) is 3. The summed E-state index contributed by atoms with van der Waals surface area (Å²) in [6, 6.07) is 10.3. The van der Waals surface area contributed by atoms with Gasteiger partial charge in [-0.1, -0.05) is 19.1 Å². The third-order valence-electron chi connectivity index (χ3n) is 2.76. The molecule has 1 N–H and O–H groups in total. The minimum atomic E-state index is 0.340. The van der Waals surface area contributed by atoms with Crippen molar-refractivity contribution in [1.82, 2.24) is 5.32 Å². The molecule has 0 radical (unpaired) electrons. The van der Waals surface area contributed by atoms with Crippen molar-refractivity contribution < 1.29 is 0 Å². The average molecular weight is 248 g/mol. The van der Waals surface area contributed by atoms with Crippen molar-refractivity contribution >= 4 is 11.8 Å². The predicted octanol–water partition coefficient (Wildman–Crippen LogP) is 3.21. The van der Waals surface area contributed by atoms with Crippen molar-refractivity contribution in [2.75, 3.05) is 18.6 Å². The Kier molecular flexibility index (Phi) is 6.10. The van der Waals surface area contributed by atoms with E-state index in [9.17, 15) is 0 Å². The van der Waals surface area contributed by atoms with Gasteiger partial charge in [0.1, 0.15) is 0 Å². The van der Waals surface area contributed by atoms with Gasteiger partial charge in [0.2, 0.25) is 0 Å². The Balaban J connectivity index is 2.46. The Bertz CT molecular complexity index is 367. The molecule has 0 saturated heterocycles. The van der Waals surface area contributed by atoms with Gasteiger partial charge < -0.3 is 5.32 Å². The van der Waals surface area contributed by atoms with Gasteiger partial charge in [0.25, 0.3) is 0 Å². The molecule has 1 rings (SSSR count). The summed E-state index contributed by atoms with van der Waals surface area (Å²) in [5.74, 6) is 1.87. The molecule has 2 unspecified atom stereocenters. The third-order valence-corrected chi connectivity index (χ3v) is 3.67. The number of rotatable bonds is 6. The number of thioether (sulfide) groups is 1. The van der Waals surface area contributed by atoms with Crippen molar-refractivity contribution in [1.29, 1.82) is 5.26 Å². The molecule has 0 bridgehead atoms. The molecule has 0 spiro atoms. The monoisotopic (exact) mass is 248 g/mol. The van der Waals surface area contributed by atoms with Crippen LogP contribution in [-0.4, -0.2) is 18.6 Å². The number of benzene rings is 1. The Morgan fingerprint density at radius 2 is 1.94 bits per heavy atom. The van der Waals surface area contributed by atoms with Crippen molar-refractivity contribution in [2.24, 2.45) is 5.92 Å². The summed E-state index contributed by atoms with van der Waals surface area (Å²) in [7, 11) is 0. The fraction of sp³-hybridized carbons (Fsp3) is 0.500. The van der Waals surface area contributed by atoms with E-state index in [2.05, 4.69) is 31.5 Å². The molecule has 92 valence electrons. The summed E-state index contributed by atoms with van der Waals surface area (Å²) >= 11 is 1.89. The average Bonchev–Trinajstić information content (AvgIpc) is 2.36. The maximum absolute atomic E-state index is 8.73. The van der Waals surface area contributed by atoms with Gasteiger partial charge in [-0.15, -0.1) is 0 Å². The number of hydrogen-bond donors (Lipinski definition) is 1. The largest absolute Gasteiger partial charge is 0.310 e. The topological polar surface area (TPSA) is 35.8 Å². The van der Waals surface area contributed by atoms with Crippen LogP contribution in [0.1, 0.15) is 31.0 Å². The lowest BCUT2D eigenvalue weighted by Gasteiger charge is -2.17. The molecule has 0 heterocycles. The van der Waals surface area contributed by atoms with E-state index in [1.54, 1.807) is 0 Å². The van der Waals surface area contributed by atoms with Crippen LogP contribution in [0.2, 0.25) is 0 Å². The maximum Gasteiger partial charge on any atom is 0.0991 e. The molecule has 3 heteroatoms. The van der Waals surface area contributed by atoms with Gasteiger partial charge in [-0.3, -0.25) is 0 Å². The highest BCUT2D eigenvalue weighted by atomic mass is 32.2. The minimum Gasteiger partial charge on any atom is -0.310 e. The number of nitrogens with one attached hydrogen (secondary N) is 1. The molecule has 0 aliphatic rings. The van der Waals surface area contributed by atoms with E-state index in [0.717, 1.165) is 12.1 Å². The Morgan fingerprint density at radius 1 is 1.29 bits per heavy atom. The quantitative estimate of drug-likeness (QED) is 0.839. The molecule has 17 heavy (non-hydrogen) atoms. The molecule has 0 aliphatic carbocycles. The normalized spacial score (nSPS) is 14.0. The maximum atomic E-state index is 8.73. The predicted molar refractivity (Wildman–Crippen MR) is 75.1 cm³/mol. The van der Waals surface area contributed by atoms with Crippen molar-refractivity contribution in [3.05, 3.63) is 35.4 Å². The molecule has 2 atom stereocenters. The van der Waals surface area contributed by atoms with E-state index in [1.807, 2.05) is 36.0 Å². The Labute approximate surface area is 108 Å². The van der Waals surface area contributed by atoms with Crippen molar-refractivity contribution in [3.8, 4) is 6.07 Å². The van der Waals surface area contributed by atoms with Gasteiger partial charge in [0, 0.05) is 6.04 Å². The van der Waals surface area contributed by atoms with E-state index >= 15 is 0 Å². The van der Waals surface area contributed by atoms with Crippen LogP contribution < -0.4 is 5.32 Å². The van der Waals surface area contributed by atoms with Crippen LogP contribution >= 0.6 is 11.8 Å². The van der Waals surface area contributed by atoms with Crippen LogP contribution in [0.5, 0.6) is 0 Å². The Hall–Kier alpha value is -0.980. The SMILES string of the molecule is CSCC(C)CNC(C)c1ccc(C#N)cc1. The molecule has 0 saturated carbocycles. The highest BCUT2D eigenvalue weighted by Gasteiger charge is 2.07. The fourth-order valence-corrected chi connectivity index (χ4v) is 2.37. The first-order valence-corrected chi connectivity index (χ1v) is 7.29. The van der Waals surface area contributed by atoms with Gasteiger partial charge in [-0.05, 0) is 49.1 Å². The molecular formula is C14H20N2S. The molecule has 2 nitrogen and oxygen atoms in total. The van der Waals surface area contributed by atoms with E-state index in [-0.39, 0.29) is 0 Å². The van der Waals surface area contributed by atoms with Gasteiger partial charge in [-0.2, -0.15) is 17.0 Å². The van der Waals surface area contributed by atoms with Crippen molar-refractivity contribution in [2.45, 2.75) is 19.9 Å². The first-order chi connectivity index (χ1) is 8.17. The van der Waals surface area contributed by atoms with Crippen molar-refractivity contribution in [3.63, 3.8) is 0 Å². The first kappa shape index (κ1) is 14.1. The highest BCUT2D eigenvalue weighted by molar-refractivity contribution is 7.98. The molecule has 0 aliphatic heterocycles. The second kappa shape index (κ2) is 7.37. The lowest BCUT2D eigenvalue weighted by molar-refractivity contribution is 0.501. The van der Waals surface area contributed by atoms with Crippen LogP contribution in [0.3, 0.4) is 0 Å². The van der Waals surface area contributed by atoms with Gasteiger partial charge in [0.05, 0.1) is 11.6 Å². The summed E-state index contributed by atoms with van der Waals surface area (Å²) in [5, 5.41) is 12.3. The smallest absolute Gasteiger partial charge is 0.0991 e. The molecular weight excluding hydrogens is 228 g/mol. The molecule has 0 aromatic heterocycles. The van der Waals surface area contributed by atoms with E-state index in [1.165, 1.54) is 11.3 Å². The van der Waals surface area contributed by atoms with Gasteiger partial charge >= 0.3 is 0 Å². The Morgan fingerprint density at radius 3 is 2.47 bits per heavy atom. The zero-order chi connectivity index (χ0) is 12.7. The van der Waals surface area contributed by atoms with E-state index in [4.69, 9.17) is 5.26 Å². The number of nitriles is 1. The van der Waals surface area contributed by atoms with Gasteiger partial charge in [0.15, 0.2) is 0 Å². The molecule has 0 amide bonds. The third kappa shape index (κ3) is 4.80. The molecule has 0 fully saturated rings. The van der Waals surface area contributed by atoms with Crippen LogP contribution in [0, 0.1) is 17.2 Å². The first-order valence-electron chi connectivity index (χ1n) is 5.89. The molecule has 1 aromatic rings. The van der Waals surface area contributed by atoms with E-state index in [0.29, 0.717) is 12.0 Å². The second-order valence-corrected chi connectivity index (χ2v) is 5.33. The highest BCUT2D eigenvalue weighted by Crippen LogP contribution is 2.14. The second-order valence-electron chi connectivity index (χ2n) is 4.42. The summed E-state index contributed by atoms with van der Waals surface area (Å²) in [4.78, 5) is 0. The fourth-order valence-electron chi connectivity index (χ4n) is 1.69. The van der Waals surface area contributed by atoms with Crippen LogP contribution in [0.25, 0.3) is 0 Å². The van der Waals surface area contributed by atoms with Crippen LogP contribution in [0.15, 0.2) is 24.3 Å². The summed E-state index contributed by atoms with van der Waals surface area (Å²) in [5.41, 5.74) is 1.96.